The van der Waals surface area contributed by atoms with E-state index in [2.05, 4.69) is 5.32 Å². The SMILES string of the molecule is COc1ccc2cc([C@H](C)C(=O)N[C@@H]3CC[C@H](C(=O)O)C3)ccc2c1. The number of carbonyl (C=O) groups is 2. The third-order valence-corrected chi connectivity index (χ3v) is 5.09. The summed E-state index contributed by atoms with van der Waals surface area (Å²) in [7, 11) is 1.64. The lowest BCUT2D eigenvalue weighted by atomic mass is 9.96. The fourth-order valence-corrected chi connectivity index (χ4v) is 3.45. The van der Waals surface area contributed by atoms with E-state index >= 15 is 0 Å². The number of hydrogen-bond donors (Lipinski definition) is 2. The quantitative estimate of drug-likeness (QED) is 0.875. The molecule has 3 rings (SSSR count). The molecule has 1 saturated carbocycles. The molecule has 0 aliphatic heterocycles. The number of aliphatic carboxylic acids is 1. The van der Waals surface area contributed by atoms with Crippen LogP contribution >= 0.6 is 0 Å². The number of carbonyl (C=O) groups excluding carboxylic acids is 1. The topological polar surface area (TPSA) is 75.6 Å². The first-order chi connectivity index (χ1) is 12.0. The number of methoxy groups -OCH3 is 1. The van der Waals surface area contributed by atoms with Crippen LogP contribution < -0.4 is 10.1 Å². The molecule has 5 heteroatoms. The molecular formula is C20H23NO4. The maximum Gasteiger partial charge on any atom is 0.306 e. The zero-order valence-electron chi connectivity index (χ0n) is 14.5. The Bertz CT molecular complexity index is 801. The standard InChI is InChI=1S/C20H23NO4/c1-12(19(22)21-17-7-5-16(10-17)20(23)24)13-3-4-15-11-18(25-2)8-6-14(15)9-13/h3-4,6,8-9,11-12,16-17H,5,7,10H2,1-2H3,(H,21,22)(H,23,24)/t12-,16-,17+/m0/s1. The van der Waals surface area contributed by atoms with Gasteiger partial charge in [0, 0.05) is 6.04 Å². The van der Waals surface area contributed by atoms with Crippen molar-refractivity contribution in [1.29, 1.82) is 0 Å². The van der Waals surface area contributed by atoms with E-state index < -0.39 is 5.97 Å². The summed E-state index contributed by atoms with van der Waals surface area (Å²) in [6, 6.07) is 11.8. The monoisotopic (exact) mass is 341 g/mol. The number of carboxylic acid groups (broad SMARTS) is 1. The van der Waals surface area contributed by atoms with Crippen molar-refractivity contribution >= 4 is 22.6 Å². The summed E-state index contributed by atoms with van der Waals surface area (Å²) in [6.07, 6.45) is 1.88. The van der Waals surface area contributed by atoms with Gasteiger partial charge in [0.2, 0.25) is 5.91 Å². The summed E-state index contributed by atoms with van der Waals surface area (Å²) in [5, 5.41) is 14.2. The van der Waals surface area contributed by atoms with Crippen molar-refractivity contribution in [3.63, 3.8) is 0 Å². The summed E-state index contributed by atoms with van der Waals surface area (Å²) in [5.74, 6) is -0.634. The van der Waals surface area contributed by atoms with Crippen molar-refractivity contribution in [2.75, 3.05) is 7.11 Å². The maximum atomic E-state index is 12.5. The zero-order valence-corrected chi connectivity index (χ0v) is 14.5. The van der Waals surface area contributed by atoms with Gasteiger partial charge in [-0.2, -0.15) is 0 Å². The zero-order chi connectivity index (χ0) is 18.0. The summed E-state index contributed by atoms with van der Waals surface area (Å²) < 4.78 is 5.23. The molecule has 0 aromatic heterocycles. The van der Waals surface area contributed by atoms with Crippen LogP contribution in [0.3, 0.4) is 0 Å². The van der Waals surface area contributed by atoms with Crippen LogP contribution in [0, 0.1) is 5.92 Å². The first-order valence-corrected chi connectivity index (χ1v) is 8.59. The van der Waals surface area contributed by atoms with Crippen LogP contribution in [0.15, 0.2) is 36.4 Å². The van der Waals surface area contributed by atoms with Gasteiger partial charge in [0.05, 0.1) is 18.9 Å². The summed E-state index contributed by atoms with van der Waals surface area (Å²) in [6.45, 7) is 1.88. The van der Waals surface area contributed by atoms with Crippen molar-refractivity contribution in [3.8, 4) is 5.75 Å². The minimum atomic E-state index is -0.769. The van der Waals surface area contributed by atoms with Gasteiger partial charge in [-0.05, 0) is 54.7 Å². The van der Waals surface area contributed by atoms with Crippen molar-refractivity contribution < 1.29 is 19.4 Å². The second kappa shape index (κ2) is 7.13. The van der Waals surface area contributed by atoms with Gasteiger partial charge in [-0.3, -0.25) is 9.59 Å². The molecule has 25 heavy (non-hydrogen) atoms. The van der Waals surface area contributed by atoms with Crippen molar-refractivity contribution in [1.82, 2.24) is 5.32 Å². The smallest absolute Gasteiger partial charge is 0.306 e. The van der Waals surface area contributed by atoms with Crippen LogP contribution in [-0.4, -0.2) is 30.1 Å². The molecule has 2 N–H and O–H groups in total. The Morgan fingerprint density at radius 2 is 1.88 bits per heavy atom. The van der Waals surface area contributed by atoms with Crippen LogP contribution in [0.4, 0.5) is 0 Å². The maximum absolute atomic E-state index is 12.5. The lowest BCUT2D eigenvalue weighted by Crippen LogP contribution is -2.36. The van der Waals surface area contributed by atoms with Gasteiger partial charge in [0.25, 0.3) is 0 Å². The van der Waals surface area contributed by atoms with Gasteiger partial charge in [0.1, 0.15) is 5.75 Å². The Hall–Kier alpha value is -2.56. The van der Waals surface area contributed by atoms with Gasteiger partial charge in [-0.25, -0.2) is 0 Å². The molecule has 2 aromatic rings. The minimum absolute atomic E-state index is 0.0410. The molecule has 0 unspecified atom stereocenters. The van der Waals surface area contributed by atoms with E-state index in [1.165, 1.54) is 0 Å². The fraction of sp³-hybridized carbons (Fsp3) is 0.400. The lowest BCUT2D eigenvalue weighted by Gasteiger charge is -2.17. The number of ether oxygens (including phenoxy) is 1. The van der Waals surface area contributed by atoms with Gasteiger partial charge in [-0.15, -0.1) is 0 Å². The summed E-state index contributed by atoms with van der Waals surface area (Å²) in [4.78, 5) is 23.6. The van der Waals surface area contributed by atoms with E-state index in [1.54, 1.807) is 7.11 Å². The van der Waals surface area contributed by atoms with E-state index in [9.17, 15) is 9.59 Å². The van der Waals surface area contributed by atoms with Crippen molar-refractivity contribution in [2.24, 2.45) is 5.92 Å². The van der Waals surface area contributed by atoms with E-state index in [4.69, 9.17) is 9.84 Å². The largest absolute Gasteiger partial charge is 0.497 e. The number of hydrogen-bond acceptors (Lipinski definition) is 3. The molecule has 1 aliphatic carbocycles. The molecule has 2 aromatic carbocycles. The molecule has 5 nitrogen and oxygen atoms in total. The Morgan fingerprint density at radius 1 is 1.16 bits per heavy atom. The van der Waals surface area contributed by atoms with E-state index in [-0.39, 0.29) is 23.8 Å². The number of amides is 1. The number of benzene rings is 2. The molecule has 0 bridgehead atoms. The fourth-order valence-electron chi connectivity index (χ4n) is 3.45. The minimum Gasteiger partial charge on any atom is -0.497 e. The Kier molecular flexibility index (Phi) is 4.93. The van der Waals surface area contributed by atoms with Crippen LogP contribution in [0.25, 0.3) is 10.8 Å². The number of fused-ring (bicyclic) bond motifs is 1. The van der Waals surface area contributed by atoms with Crippen LogP contribution in [-0.2, 0) is 9.59 Å². The van der Waals surface area contributed by atoms with Crippen molar-refractivity contribution in [3.05, 3.63) is 42.0 Å². The first kappa shape index (κ1) is 17.3. The molecule has 1 fully saturated rings. The van der Waals surface area contributed by atoms with E-state index in [1.807, 2.05) is 43.3 Å². The number of carboxylic acids is 1. The van der Waals surface area contributed by atoms with Gasteiger partial charge in [-0.1, -0.05) is 24.3 Å². The molecule has 0 heterocycles. The van der Waals surface area contributed by atoms with E-state index in [0.717, 1.165) is 28.5 Å². The molecule has 0 radical (unpaired) electrons. The molecule has 3 atom stereocenters. The van der Waals surface area contributed by atoms with Crippen LogP contribution in [0.2, 0.25) is 0 Å². The lowest BCUT2D eigenvalue weighted by molar-refractivity contribution is -0.141. The van der Waals surface area contributed by atoms with E-state index in [0.29, 0.717) is 12.8 Å². The van der Waals surface area contributed by atoms with Crippen LogP contribution in [0.5, 0.6) is 5.75 Å². The average molecular weight is 341 g/mol. The molecule has 1 amide bonds. The normalized spacial score (nSPS) is 21.0. The summed E-state index contributed by atoms with van der Waals surface area (Å²) in [5.41, 5.74) is 0.947. The number of nitrogens with one attached hydrogen (secondary N) is 1. The van der Waals surface area contributed by atoms with Gasteiger partial charge in [0.15, 0.2) is 0 Å². The Morgan fingerprint density at radius 3 is 2.56 bits per heavy atom. The molecule has 0 saturated heterocycles. The second-order valence-electron chi connectivity index (χ2n) is 6.75. The second-order valence-corrected chi connectivity index (χ2v) is 6.75. The highest BCUT2D eigenvalue weighted by molar-refractivity contribution is 5.88. The Balaban J connectivity index is 1.69. The highest BCUT2D eigenvalue weighted by Crippen LogP contribution is 2.28. The molecule has 132 valence electrons. The molecule has 0 spiro atoms. The predicted octanol–water partition coefficient (Wildman–Crippen LogP) is 3.32. The Labute approximate surface area is 147 Å². The molecular weight excluding hydrogens is 318 g/mol. The average Bonchev–Trinajstić information content (AvgIpc) is 3.08. The summed E-state index contributed by atoms with van der Waals surface area (Å²) >= 11 is 0. The van der Waals surface area contributed by atoms with Gasteiger partial charge >= 0.3 is 5.97 Å². The highest BCUT2D eigenvalue weighted by Gasteiger charge is 2.31. The highest BCUT2D eigenvalue weighted by atomic mass is 16.5. The molecule has 1 aliphatic rings. The van der Waals surface area contributed by atoms with Crippen LogP contribution in [0.1, 0.15) is 37.7 Å². The predicted molar refractivity (Wildman–Crippen MR) is 95.8 cm³/mol. The first-order valence-electron chi connectivity index (χ1n) is 8.59. The number of rotatable bonds is 5. The van der Waals surface area contributed by atoms with Crippen molar-refractivity contribution in [2.45, 2.75) is 38.1 Å². The third-order valence-electron chi connectivity index (χ3n) is 5.09. The van der Waals surface area contributed by atoms with Gasteiger partial charge < -0.3 is 15.2 Å². The third kappa shape index (κ3) is 3.76.